The number of ether oxygens (including phenoxy) is 1. The third kappa shape index (κ3) is 3.96. The maximum Gasteiger partial charge on any atom is 0.230 e. The van der Waals surface area contributed by atoms with E-state index in [-0.39, 0.29) is 17.4 Å². The van der Waals surface area contributed by atoms with Gasteiger partial charge in [-0.2, -0.15) is 0 Å². The van der Waals surface area contributed by atoms with E-state index >= 15 is 0 Å². The number of halogens is 1. The van der Waals surface area contributed by atoms with Gasteiger partial charge in [0.25, 0.3) is 0 Å². The molecule has 1 N–H and O–H groups in total. The lowest BCUT2D eigenvalue weighted by Crippen LogP contribution is -2.41. The van der Waals surface area contributed by atoms with Crippen LogP contribution in [0, 0.1) is 0 Å². The van der Waals surface area contributed by atoms with Gasteiger partial charge in [0.15, 0.2) is 0 Å². The lowest BCUT2D eigenvalue weighted by Gasteiger charge is -2.29. The molecule has 2 aromatic rings. The van der Waals surface area contributed by atoms with Gasteiger partial charge in [-0.3, -0.25) is 9.69 Å². The van der Waals surface area contributed by atoms with Gasteiger partial charge in [0.2, 0.25) is 5.91 Å². The monoisotopic (exact) mass is 442 g/mol. The summed E-state index contributed by atoms with van der Waals surface area (Å²) in [4.78, 5) is 15.6. The van der Waals surface area contributed by atoms with Crippen LogP contribution in [0.3, 0.4) is 0 Å². The van der Waals surface area contributed by atoms with E-state index in [9.17, 15) is 4.79 Å². The van der Waals surface area contributed by atoms with Crippen molar-refractivity contribution in [2.75, 3.05) is 26.7 Å². The zero-order valence-electron chi connectivity index (χ0n) is 16.3. The first-order valence-corrected chi connectivity index (χ1v) is 10.8. The molecule has 0 aromatic heterocycles. The molecule has 2 fully saturated rings. The van der Waals surface area contributed by atoms with Gasteiger partial charge in [-0.1, -0.05) is 40.2 Å². The summed E-state index contributed by atoms with van der Waals surface area (Å²) < 4.78 is 6.46. The van der Waals surface area contributed by atoms with Gasteiger partial charge < -0.3 is 10.1 Å². The minimum absolute atomic E-state index is 0.155. The number of amides is 1. The maximum absolute atomic E-state index is 13.1. The molecule has 0 bridgehead atoms. The van der Waals surface area contributed by atoms with E-state index in [4.69, 9.17) is 4.74 Å². The SMILES string of the molecule is COc1cccc(C(CNC(=O)C2(c3ccc(Br)cc3)CC2)N2CCCC2)c1. The van der Waals surface area contributed by atoms with Gasteiger partial charge in [0.1, 0.15) is 5.75 Å². The molecule has 2 aromatic carbocycles. The lowest BCUT2D eigenvalue weighted by molar-refractivity contribution is -0.123. The number of rotatable bonds is 7. The molecule has 2 aliphatic rings. The van der Waals surface area contributed by atoms with Gasteiger partial charge in [-0.25, -0.2) is 0 Å². The van der Waals surface area contributed by atoms with Crippen molar-refractivity contribution >= 4 is 21.8 Å². The highest BCUT2D eigenvalue weighted by Gasteiger charge is 2.51. The van der Waals surface area contributed by atoms with Gasteiger partial charge in [-0.15, -0.1) is 0 Å². The normalized spacial score (nSPS) is 19.2. The Kier molecular flexibility index (Phi) is 5.74. The van der Waals surface area contributed by atoms with Gasteiger partial charge in [0, 0.05) is 11.0 Å². The number of carbonyl (C=O) groups excluding carboxylic acids is 1. The van der Waals surface area contributed by atoms with Gasteiger partial charge >= 0.3 is 0 Å². The summed E-state index contributed by atoms with van der Waals surface area (Å²) in [6, 6.07) is 16.6. The number of benzene rings is 2. The predicted molar refractivity (Wildman–Crippen MR) is 115 cm³/mol. The van der Waals surface area contributed by atoms with E-state index in [1.807, 2.05) is 24.3 Å². The van der Waals surface area contributed by atoms with Gasteiger partial charge in [0.05, 0.1) is 18.6 Å². The van der Waals surface area contributed by atoms with Crippen molar-refractivity contribution in [2.45, 2.75) is 37.1 Å². The Morgan fingerprint density at radius 1 is 1.18 bits per heavy atom. The Bertz CT molecular complexity index is 827. The summed E-state index contributed by atoms with van der Waals surface area (Å²) in [5.74, 6) is 1.02. The maximum atomic E-state index is 13.1. The van der Waals surface area contributed by atoms with Crippen LogP contribution in [0.15, 0.2) is 53.0 Å². The molecule has 1 saturated heterocycles. The first-order valence-electron chi connectivity index (χ1n) is 10.0. The van der Waals surface area contributed by atoms with E-state index in [0.717, 1.165) is 41.7 Å². The molecular weight excluding hydrogens is 416 g/mol. The number of likely N-dealkylation sites (tertiary alicyclic amines) is 1. The number of nitrogens with one attached hydrogen (secondary N) is 1. The van der Waals surface area contributed by atoms with Crippen LogP contribution in [0.4, 0.5) is 0 Å². The molecule has 1 unspecified atom stereocenters. The Balaban J connectivity index is 1.49. The summed E-state index contributed by atoms with van der Waals surface area (Å²) in [5.41, 5.74) is 1.98. The van der Waals surface area contributed by atoms with E-state index in [1.165, 1.54) is 18.4 Å². The number of hydrogen-bond acceptors (Lipinski definition) is 3. The second-order valence-corrected chi connectivity index (χ2v) is 8.75. The molecule has 1 amide bonds. The average molecular weight is 443 g/mol. The third-order valence-corrected chi connectivity index (χ3v) is 6.63. The number of nitrogens with zero attached hydrogens (tertiary/aromatic N) is 1. The van der Waals surface area contributed by atoms with Crippen molar-refractivity contribution in [1.82, 2.24) is 10.2 Å². The fourth-order valence-electron chi connectivity index (χ4n) is 4.26. The molecule has 1 heterocycles. The van der Waals surface area contributed by atoms with Crippen LogP contribution in [0.25, 0.3) is 0 Å². The molecule has 0 radical (unpaired) electrons. The van der Waals surface area contributed by atoms with Crippen molar-refractivity contribution in [3.63, 3.8) is 0 Å². The smallest absolute Gasteiger partial charge is 0.230 e. The van der Waals surface area contributed by atoms with E-state index < -0.39 is 0 Å². The molecule has 1 aliphatic heterocycles. The summed E-state index contributed by atoms with van der Waals surface area (Å²) in [6.45, 7) is 2.79. The van der Waals surface area contributed by atoms with Crippen molar-refractivity contribution in [2.24, 2.45) is 0 Å². The Labute approximate surface area is 175 Å². The van der Waals surface area contributed by atoms with E-state index in [2.05, 4.69) is 50.4 Å². The molecule has 1 aliphatic carbocycles. The lowest BCUT2D eigenvalue weighted by atomic mass is 9.94. The molecule has 0 spiro atoms. The fourth-order valence-corrected chi connectivity index (χ4v) is 4.52. The third-order valence-electron chi connectivity index (χ3n) is 6.10. The molecule has 4 rings (SSSR count). The van der Waals surface area contributed by atoms with Crippen molar-refractivity contribution in [3.05, 3.63) is 64.1 Å². The van der Waals surface area contributed by atoms with Crippen LogP contribution in [0.1, 0.15) is 42.9 Å². The number of carbonyl (C=O) groups is 1. The summed E-state index contributed by atoms with van der Waals surface area (Å²) in [7, 11) is 1.70. The average Bonchev–Trinajstić information content (AvgIpc) is 3.36. The molecular formula is C23H27BrN2O2. The molecule has 148 valence electrons. The highest BCUT2D eigenvalue weighted by Crippen LogP contribution is 2.48. The standard InChI is InChI=1S/C23H27BrN2O2/c1-28-20-6-4-5-17(15-20)21(26-13-2-3-14-26)16-25-22(27)23(11-12-23)18-7-9-19(24)10-8-18/h4-10,15,21H,2-3,11-14,16H2,1H3,(H,25,27). The first kappa shape index (κ1) is 19.5. The molecule has 1 atom stereocenters. The summed E-state index contributed by atoms with van der Waals surface area (Å²) >= 11 is 3.48. The van der Waals surface area contributed by atoms with Crippen LogP contribution in [-0.4, -0.2) is 37.6 Å². The molecule has 4 nitrogen and oxygen atoms in total. The zero-order chi connectivity index (χ0) is 19.6. The Hall–Kier alpha value is -1.85. The Morgan fingerprint density at radius 2 is 1.89 bits per heavy atom. The van der Waals surface area contributed by atoms with Crippen molar-refractivity contribution in [1.29, 1.82) is 0 Å². The zero-order valence-corrected chi connectivity index (χ0v) is 17.9. The number of hydrogen-bond donors (Lipinski definition) is 1. The first-order chi connectivity index (χ1) is 13.6. The largest absolute Gasteiger partial charge is 0.497 e. The van der Waals surface area contributed by atoms with Crippen LogP contribution in [0.5, 0.6) is 5.75 Å². The highest BCUT2D eigenvalue weighted by molar-refractivity contribution is 9.10. The molecule has 5 heteroatoms. The van der Waals surface area contributed by atoms with E-state index in [0.29, 0.717) is 6.54 Å². The minimum Gasteiger partial charge on any atom is -0.497 e. The molecule has 1 saturated carbocycles. The highest BCUT2D eigenvalue weighted by atomic mass is 79.9. The van der Waals surface area contributed by atoms with Crippen LogP contribution in [0.2, 0.25) is 0 Å². The quantitative estimate of drug-likeness (QED) is 0.688. The van der Waals surface area contributed by atoms with Gasteiger partial charge in [-0.05, 0) is 74.2 Å². The Morgan fingerprint density at radius 3 is 2.54 bits per heavy atom. The summed E-state index contributed by atoms with van der Waals surface area (Å²) in [6.07, 6.45) is 4.29. The summed E-state index contributed by atoms with van der Waals surface area (Å²) in [5, 5.41) is 3.28. The van der Waals surface area contributed by atoms with Crippen LogP contribution < -0.4 is 10.1 Å². The number of methoxy groups -OCH3 is 1. The predicted octanol–water partition coefficient (Wildman–Crippen LogP) is 4.44. The van der Waals surface area contributed by atoms with Crippen molar-refractivity contribution in [3.8, 4) is 5.75 Å². The molecule has 28 heavy (non-hydrogen) atoms. The van der Waals surface area contributed by atoms with E-state index in [1.54, 1.807) is 7.11 Å². The minimum atomic E-state index is -0.343. The van der Waals surface area contributed by atoms with Crippen LogP contribution in [-0.2, 0) is 10.2 Å². The van der Waals surface area contributed by atoms with Crippen molar-refractivity contribution < 1.29 is 9.53 Å². The fraction of sp³-hybridized carbons (Fsp3) is 0.435. The topological polar surface area (TPSA) is 41.6 Å². The second kappa shape index (κ2) is 8.26. The van der Waals surface area contributed by atoms with Crippen LogP contribution >= 0.6 is 15.9 Å². The second-order valence-electron chi connectivity index (χ2n) is 7.83.